The molecule has 3 nitrogen and oxygen atoms in total. The van der Waals surface area contributed by atoms with E-state index in [-0.39, 0.29) is 5.82 Å². The number of pyridine rings is 1. The molecule has 0 spiro atoms. The van der Waals surface area contributed by atoms with Gasteiger partial charge in [0.1, 0.15) is 5.82 Å². The number of fused-ring (bicyclic) bond motifs is 2. The number of rotatable bonds is 2. The summed E-state index contributed by atoms with van der Waals surface area (Å²) in [5.74, 6) is -0.269. The number of thiol groups is 1. The summed E-state index contributed by atoms with van der Waals surface area (Å²) in [7, 11) is 0. The Labute approximate surface area is 99.8 Å². The molecule has 5 heteroatoms. The van der Waals surface area contributed by atoms with Crippen molar-refractivity contribution in [2.75, 3.05) is 13.1 Å². The van der Waals surface area contributed by atoms with Crippen molar-refractivity contribution < 1.29 is 4.39 Å². The van der Waals surface area contributed by atoms with E-state index in [0.717, 1.165) is 25.3 Å². The predicted octanol–water partition coefficient (Wildman–Crippen LogP) is 1.32. The lowest BCUT2D eigenvalue weighted by atomic mass is 9.88. The largest absolute Gasteiger partial charge is 0.289 e. The Balaban J connectivity index is 1.66. The van der Waals surface area contributed by atoms with E-state index in [4.69, 9.17) is 0 Å². The van der Waals surface area contributed by atoms with Gasteiger partial charge in [-0.15, -0.1) is 0 Å². The van der Waals surface area contributed by atoms with Gasteiger partial charge in [-0.05, 0) is 18.6 Å². The molecule has 0 saturated carbocycles. The monoisotopic (exact) mass is 239 g/mol. The molecule has 1 aromatic rings. The summed E-state index contributed by atoms with van der Waals surface area (Å²) in [4.78, 5) is 6.53. The Morgan fingerprint density at radius 1 is 1.38 bits per heavy atom. The maximum absolute atomic E-state index is 12.7. The maximum Gasteiger partial charge on any atom is 0.141 e. The minimum Gasteiger partial charge on any atom is -0.289 e. The van der Waals surface area contributed by atoms with Gasteiger partial charge in [0.05, 0.1) is 11.9 Å². The summed E-state index contributed by atoms with van der Waals surface area (Å²) in [6.45, 7) is 2.86. The van der Waals surface area contributed by atoms with Gasteiger partial charge >= 0.3 is 0 Å². The molecule has 2 fully saturated rings. The second-order valence-electron chi connectivity index (χ2n) is 4.56. The molecule has 86 valence electrons. The number of likely N-dealkylation sites (tertiary alicyclic amines) is 1. The van der Waals surface area contributed by atoms with Crippen molar-refractivity contribution in [2.45, 2.75) is 25.0 Å². The molecule has 0 N–H and O–H groups in total. The molecule has 16 heavy (non-hydrogen) atoms. The molecule has 3 rings (SSSR count). The van der Waals surface area contributed by atoms with Gasteiger partial charge in [-0.1, -0.05) is 12.8 Å². The number of hydrogen-bond donors (Lipinski definition) is 1. The molecule has 1 aromatic heterocycles. The van der Waals surface area contributed by atoms with Crippen LogP contribution in [0.4, 0.5) is 4.39 Å². The van der Waals surface area contributed by atoms with Gasteiger partial charge in [-0.25, -0.2) is 4.39 Å². The number of nitrogens with zero attached hydrogens (tertiary/aromatic N) is 3. The SMILES string of the molecule is Fc1ccc(CN2C3CC2CN(S)C3)nc1. The van der Waals surface area contributed by atoms with Crippen LogP contribution in [0.1, 0.15) is 12.1 Å². The van der Waals surface area contributed by atoms with Crippen LogP contribution in [0.25, 0.3) is 0 Å². The van der Waals surface area contributed by atoms with Crippen molar-refractivity contribution in [2.24, 2.45) is 0 Å². The molecule has 3 heterocycles. The summed E-state index contributed by atoms with van der Waals surface area (Å²) >= 11 is 4.37. The molecule has 2 saturated heterocycles. The van der Waals surface area contributed by atoms with Crippen LogP contribution < -0.4 is 0 Å². The van der Waals surface area contributed by atoms with Crippen molar-refractivity contribution in [3.63, 3.8) is 0 Å². The Bertz CT molecular complexity index is 371. The Kier molecular flexibility index (Phi) is 2.61. The fourth-order valence-electron chi connectivity index (χ4n) is 2.61. The highest BCUT2D eigenvalue weighted by Crippen LogP contribution is 2.33. The summed E-state index contributed by atoms with van der Waals surface area (Å²) < 4.78 is 14.8. The standard InChI is InChI=1S/C11H14FN3S/c12-8-1-2-9(13-4-8)5-15-10-3-11(15)7-14(16)6-10/h1-2,4,10-11,16H,3,5-7H2. The van der Waals surface area contributed by atoms with Crippen molar-refractivity contribution in [1.29, 1.82) is 0 Å². The van der Waals surface area contributed by atoms with Crippen LogP contribution in [0.5, 0.6) is 0 Å². The lowest BCUT2D eigenvalue weighted by molar-refractivity contribution is -0.0472. The van der Waals surface area contributed by atoms with E-state index in [1.807, 2.05) is 0 Å². The van der Waals surface area contributed by atoms with Gasteiger partial charge in [-0.3, -0.25) is 14.2 Å². The summed E-state index contributed by atoms with van der Waals surface area (Å²) in [6, 6.07) is 4.44. The van der Waals surface area contributed by atoms with Crippen LogP contribution >= 0.6 is 12.8 Å². The average molecular weight is 239 g/mol. The first kappa shape index (κ1) is 10.5. The van der Waals surface area contributed by atoms with Crippen molar-refractivity contribution in [1.82, 2.24) is 14.2 Å². The molecule has 0 aliphatic carbocycles. The molecule has 2 atom stereocenters. The molecule has 2 bridgehead atoms. The second-order valence-corrected chi connectivity index (χ2v) is 5.12. The lowest BCUT2D eigenvalue weighted by Gasteiger charge is -2.55. The summed E-state index contributed by atoms with van der Waals surface area (Å²) in [5.41, 5.74) is 0.948. The normalized spacial score (nSPS) is 30.1. The molecule has 0 aromatic carbocycles. The number of piperazine rings is 1. The van der Waals surface area contributed by atoms with Gasteiger partial charge in [-0.2, -0.15) is 0 Å². The highest BCUT2D eigenvalue weighted by atomic mass is 32.1. The number of hydrogen-bond acceptors (Lipinski definition) is 4. The second kappa shape index (κ2) is 3.98. The highest BCUT2D eigenvalue weighted by Gasteiger charge is 2.43. The number of halogens is 1. The molecule has 2 unspecified atom stereocenters. The summed E-state index contributed by atoms with van der Waals surface area (Å²) in [5, 5.41) is 0. The van der Waals surface area contributed by atoms with E-state index in [0.29, 0.717) is 12.1 Å². The number of piperidine rings is 1. The molecular formula is C11H14FN3S. The van der Waals surface area contributed by atoms with E-state index in [2.05, 4.69) is 27.0 Å². The highest BCUT2D eigenvalue weighted by molar-refractivity contribution is 7.77. The Morgan fingerprint density at radius 3 is 2.75 bits per heavy atom. The average Bonchev–Trinajstić information content (AvgIpc) is 2.28. The first-order chi connectivity index (χ1) is 7.72. The van der Waals surface area contributed by atoms with E-state index in [1.165, 1.54) is 18.7 Å². The fourth-order valence-corrected chi connectivity index (χ4v) is 2.99. The zero-order valence-electron chi connectivity index (χ0n) is 8.88. The molecule has 0 amide bonds. The van der Waals surface area contributed by atoms with Crippen LogP contribution in [0.15, 0.2) is 18.3 Å². The third kappa shape index (κ3) is 1.83. The lowest BCUT2D eigenvalue weighted by Crippen LogP contribution is -2.66. The van der Waals surface area contributed by atoms with Crippen LogP contribution in [-0.2, 0) is 6.54 Å². The van der Waals surface area contributed by atoms with E-state index >= 15 is 0 Å². The minimum atomic E-state index is -0.269. The first-order valence-electron chi connectivity index (χ1n) is 5.52. The van der Waals surface area contributed by atoms with E-state index in [9.17, 15) is 4.39 Å². The van der Waals surface area contributed by atoms with Crippen molar-refractivity contribution in [3.8, 4) is 0 Å². The van der Waals surface area contributed by atoms with Gasteiger partial charge in [0.25, 0.3) is 0 Å². The zero-order chi connectivity index (χ0) is 11.1. The van der Waals surface area contributed by atoms with Crippen molar-refractivity contribution in [3.05, 3.63) is 29.8 Å². The van der Waals surface area contributed by atoms with Crippen molar-refractivity contribution >= 4 is 12.8 Å². The first-order valence-corrected chi connectivity index (χ1v) is 5.92. The third-order valence-electron chi connectivity index (χ3n) is 3.46. The predicted molar refractivity (Wildman–Crippen MR) is 62.5 cm³/mol. The van der Waals surface area contributed by atoms with Gasteiger partial charge in [0, 0.05) is 31.7 Å². The van der Waals surface area contributed by atoms with Gasteiger partial charge < -0.3 is 0 Å². The van der Waals surface area contributed by atoms with Crippen LogP contribution in [0.3, 0.4) is 0 Å². The Morgan fingerprint density at radius 2 is 2.12 bits per heavy atom. The quantitative estimate of drug-likeness (QED) is 0.786. The molecule has 0 radical (unpaired) electrons. The van der Waals surface area contributed by atoms with Crippen LogP contribution in [0.2, 0.25) is 0 Å². The Hall–Kier alpha value is -0.650. The topological polar surface area (TPSA) is 19.4 Å². The minimum absolute atomic E-state index is 0.269. The molecule has 2 aliphatic heterocycles. The third-order valence-corrected chi connectivity index (χ3v) is 3.78. The zero-order valence-corrected chi connectivity index (χ0v) is 9.78. The van der Waals surface area contributed by atoms with Gasteiger partial charge in [0.2, 0.25) is 0 Å². The van der Waals surface area contributed by atoms with Crippen LogP contribution in [0, 0.1) is 5.82 Å². The maximum atomic E-state index is 12.7. The summed E-state index contributed by atoms with van der Waals surface area (Å²) in [6.07, 6.45) is 2.55. The smallest absolute Gasteiger partial charge is 0.141 e. The van der Waals surface area contributed by atoms with Gasteiger partial charge in [0.15, 0.2) is 0 Å². The van der Waals surface area contributed by atoms with E-state index in [1.54, 1.807) is 6.07 Å². The molecular weight excluding hydrogens is 225 g/mol. The molecule has 2 aliphatic rings. The number of aromatic nitrogens is 1. The van der Waals surface area contributed by atoms with Crippen LogP contribution in [-0.4, -0.2) is 39.4 Å². The van der Waals surface area contributed by atoms with E-state index < -0.39 is 0 Å². The fraction of sp³-hybridized carbons (Fsp3) is 0.545.